The van der Waals surface area contributed by atoms with Crippen LogP contribution < -0.4 is 5.32 Å². The molecule has 1 N–H and O–H groups in total. The van der Waals surface area contributed by atoms with Gasteiger partial charge in [0.15, 0.2) is 0 Å². The van der Waals surface area contributed by atoms with E-state index in [1.807, 2.05) is 0 Å². The topological polar surface area (TPSA) is 18.5 Å². The predicted molar refractivity (Wildman–Crippen MR) is 80.0 cm³/mol. The summed E-state index contributed by atoms with van der Waals surface area (Å²) in [4.78, 5) is 5.24. The summed E-state index contributed by atoms with van der Waals surface area (Å²) < 4.78 is 0. The molecule has 0 aromatic rings. The maximum Gasteiger partial charge on any atom is 0.0110 e. The third-order valence-electron chi connectivity index (χ3n) is 3.53. The van der Waals surface area contributed by atoms with Crippen LogP contribution in [-0.4, -0.2) is 61.7 Å². The van der Waals surface area contributed by atoms with E-state index in [2.05, 4.69) is 49.7 Å². The van der Waals surface area contributed by atoms with Gasteiger partial charge in [-0.15, -0.1) is 0 Å². The molecule has 1 fully saturated rings. The van der Waals surface area contributed by atoms with Gasteiger partial charge >= 0.3 is 0 Å². The summed E-state index contributed by atoms with van der Waals surface area (Å²) in [5.41, 5.74) is 0. The molecule has 1 rings (SSSR count). The molecule has 1 unspecified atom stereocenters. The smallest absolute Gasteiger partial charge is 0.0110 e. The highest BCUT2D eigenvalue weighted by molar-refractivity contribution is 4.74. The minimum Gasteiger partial charge on any atom is -0.314 e. The van der Waals surface area contributed by atoms with Crippen LogP contribution in [0, 0.1) is 11.8 Å². The van der Waals surface area contributed by atoms with Gasteiger partial charge in [0.2, 0.25) is 0 Å². The van der Waals surface area contributed by atoms with Crippen LogP contribution in [0.4, 0.5) is 0 Å². The third kappa shape index (κ3) is 6.72. The van der Waals surface area contributed by atoms with Crippen molar-refractivity contribution in [2.45, 2.75) is 40.7 Å². The van der Waals surface area contributed by atoms with Gasteiger partial charge in [-0.05, 0) is 18.4 Å². The summed E-state index contributed by atoms with van der Waals surface area (Å²) in [6.45, 7) is 20.1. The SMILES string of the molecule is CC(C)CN1CCN(CC(C)CNC(C)C)CC1. The monoisotopic (exact) mass is 255 g/mol. The van der Waals surface area contributed by atoms with Gasteiger partial charge in [0.05, 0.1) is 0 Å². The Morgan fingerprint density at radius 3 is 1.78 bits per heavy atom. The Labute approximate surface area is 114 Å². The quantitative estimate of drug-likeness (QED) is 0.749. The van der Waals surface area contributed by atoms with Crippen LogP contribution in [0.25, 0.3) is 0 Å². The van der Waals surface area contributed by atoms with Crippen molar-refractivity contribution in [1.29, 1.82) is 0 Å². The maximum absolute atomic E-state index is 3.53. The molecule has 18 heavy (non-hydrogen) atoms. The summed E-state index contributed by atoms with van der Waals surface area (Å²) in [5, 5.41) is 3.53. The van der Waals surface area contributed by atoms with Crippen LogP contribution in [0.5, 0.6) is 0 Å². The second-order valence-corrected chi connectivity index (χ2v) is 6.66. The molecule has 3 heteroatoms. The Bertz CT molecular complexity index is 208. The van der Waals surface area contributed by atoms with Gasteiger partial charge in [-0.25, -0.2) is 0 Å². The van der Waals surface area contributed by atoms with E-state index >= 15 is 0 Å². The summed E-state index contributed by atoms with van der Waals surface area (Å²) in [7, 11) is 0. The van der Waals surface area contributed by atoms with E-state index in [9.17, 15) is 0 Å². The number of hydrogen-bond donors (Lipinski definition) is 1. The molecule has 0 radical (unpaired) electrons. The Morgan fingerprint density at radius 1 is 0.833 bits per heavy atom. The number of rotatable bonds is 7. The van der Waals surface area contributed by atoms with Gasteiger partial charge in [-0.1, -0.05) is 34.6 Å². The summed E-state index contributed by atoms with van der Waals surface area (Å²) in [6.07, 6.45) is 0. The highest BCUT2D eigenvalue weighted by Gasteiger charge is 2.18. The molecule has 1 saturated heterocycles. The van der Waals surface area contributed by atoms with E-state index in [-0.39, 0.29) is 0 Å². The molecule has 1 atom stereocenters. The highest BCUT2D eigenvalue weighted by atomic mass is 15.3. The second-order valence-electron chi connectivity index (χ2n) is 6.66. The molecule has 0 spiro atoms. The van der Waals surface area contributed by atoms with Crippen LogP contribution in [0.1, 0.15) is 34.6 Å². The second kappa shape index (κ2) is 8.13. The molecule has 0 aromatic heterocycles. The molecule has 1 aliphatic heterocycles. The Hall–Kier alpha value is -0.120. The van der Waals surface area contributed by atoms with Crippen LogP contribution in [0.15, 0.2) is 0 Å². The van der Waals surface area contributed by atoms with Crippen molar-refractivity contribution < 1.29 is 0 Å². The summed E-state index contributed by atoms with van der Waals surface area (Å²) >= 11 is 0. The van der Waals surface area contributed by atoms with E-state index in [0.717, 1.165) is 18.4 Å². The van der Waals surface area contributed by atoms with Crippen LogP contribution in [-0.2, 0) is 0 Å². The Kier molecular flexibility index (Phi) is 7.20. The van der Waals surface area contributed by atoms with Crippen molar-refractivity contribution >= 4 is 0 Å². The first kappa shape index (κ1) is 15.9. The lowest BCUT2D eigenvalue weighted by Crippen LogP contribution is -2.49. The van der Waals surface area contributed by atoms with E-state index in [0.29, 0.717) is 6.04 Å². The van der Waals surface area contributed by atoms with Crippen molar-refractivity contribution in [3.05, 3.63) is 0 Å². The third-order valence-corrected chi connectivity index (χ3v) is 3.53. The van der Waals surface area contributed by atoms with Gasteiger partial charge in [-0.3, -0.25) is 0 Å². The van der Waals surface area contributed by atoms with Crippen LogP contribution in [0.3, 0.4) is 0 Å². The standard InChI is InChI=1S/C15H33N3/c1-13(2)11-17-6-8-18(9-7-17)12-15(5)10-16-14(3)4/h13-16H,6-12H2,1-5H3. The fourth-order valence-corrected chi connectivity index (χ4v) is 2.61. The molecule has 1 heterocycles. The first-order valence-corrected chi connectivity index (χ1v) is 7.65. The molecule has 3 nitrogen and oxygen atoms in total. The molecule has 0 aromatic carbocycles. The summed E-state index contributed by atoms with van der Waals surface area (Å²) in [5.74, 6) is 1.55. The number of nitrogens with one attached hydrogen (secondary N) is 1. The fourth-order valence-electron chi connectivity index (χ4n) is 2.61. The average molecular weight is 255 g/mol. The lowest BCUT2D eigenvalue weighted by molar-refractivity contribution is 0.111. The van der Waals surface area contributed by atoms with Crippen molar-refractivity contribution in [2.75, 3.05) is 45.8 Å². The van der Waals surface area contributed by atoms with Gasteiger partial charge in [0.25, 0.3) is 0 Å². The van der Waals surface area contributed by atoms with Crippen molar-refractivity contribution in [2.24, 2.45) is 11.8 Å². The minimum absolute atomic E-state index is 0.607. The first-order chi connectivity index (χ1) is 8.47. The maximum atomic E-state index is 3.53. The Morgan fingerprint density at radius 2 is 1.33 bits per heavy atom. The lowest BCUT2D eigenvalue weighted by Gasteiger charge is -2.36. The number of nitrogens with zero attached hydrogens (tertiary/aromatic N) is 2. The number of piperazine rings is 1. The zero-order valence-electron chi connectivity index (χ0n) is 13.1. The van der Waals surface area contributed by atoms with E-state index in [1.54, 1.807) is 0 Å². The summed E-state index contributed by atoms with van der Waals surface area (Å²) in [6, 6.07) is 0.607. The van der Waals surface area contributed by atoms with Crippen LogP contribution in [0.2, 0.25) is 0 Å². The Balaban J connectivity index is 2.14. The van der Waals surface area contributed by atoms with Gasteiger partial charge in [0.1, 0.15) is 0 Å². The molecule has 0 amide bonds. The fraction of sp³-hybridized carbons (Fsp3) is 1.00. The molecule has 1 aliphatic rings. The minimum atomic E-state index is 0.607. The average Bonchev–Trinajstić information content (AvgIpc) is 2.28. The van der Waals surface area contributed by atoms with Crippen molar-refractivity contribution in [3.63, 3.8) is 0 Å². The largest absolute Gasteiger partial charge is 0.314 e. The predicted octanol–water partition coefficient (Wildman–Crippen LogP) is 1.89. The van der Waals surface area contributed by atoms with E-state index in [1.165, 1.54) is 39.3 Å². The molecule has 108 valence electrons. The zero-order chi connectivity index (χ0) is 13.5. The van der Waals surface area contributed by atoms with Crippen molar-refractivity contribution in [1.82, 2.24) is 15.1 Å². The normalized spacial score (nSPS) is 20.8. The number of hydrogen-bond acceptors (Lipinski definition) is 3. The molecular formula is C15H33N3. The zero-order valence-corrected chi connectivity index (χ0v) is 13.1. The van der Waals surface area contributed by atoms with Gasteiger partial charge in [-0.2, -0.15) is 0 Å². The molecule has 0 bridgehead atoms. The van der Waals surface area contributed by atoms with E-state index in [4.69, 9.17) is 0 Å². The first-order valence-electron chi connectivity index (χ1n) is 7.65. The lowest BCUT2D eigenvalue weighted by atomic mass is 10.1. The van der Waals surface area contributed by atoms with Gasteiger partial charge < -0.3 is 15.1 Å². The molecular weight excluding hydrogens is 222 g/mol. The molecule has 0 saturated carbocycles. The molecule has 0 aliphatic carbocycles. The van der Waals surface area contributed by atoms with E-state index < -0.39 is 0 Å². The highest BCUT2D eigenvalue weighted by Crippen LogP contribution is 2.07. The van der Waals surface area contributed by atoms with Gasteiger partial charge in [0, 0.05) is 45.3 Å². The van der Waals surface area contributed by atoms with Crippen LogP contribution >= 0.6 is 0 Å². The van der Waals surface area contributed by atoms with Crippen molar-refractivity contribution in [3.8, 4) is 0 Å².